The number of fused-ring (bicyclic) bond motifs is 1. The van der Waals surface area contributed by atoms with E-state index < -0.39 is 0 Å². The summed E-state index contributed by atoms with van der Waals surface area (Å²) in [5.41, 5.74) is 6.05. The zero-order chi connectivity index (χ0) is 21.8. The molecule has 2 N–H and O–H groups in total. The van der Waals surface area contributed by atoms with Crippen molar-refractivity contribution >= 4 is 57.0 Å². The van der Waals surface area contributed by atoms with Crippen molar-refractivity contribution in [3.8, 4) is 11.1 Å². The summed E-state index contributed by atoms with van der Waals surface area (Å²) in [5, 5.41) is 7.45. The van der Waals surface area contributed by atoms with Gasteiger partial charge in [0.05, 0.1) is 17.4 Å². The first-order valence-corrected chi connectivity index (χ1v) is 11.5. The molecule has 4 rings (SSSR count). The molecule has 156 valence electrons. The largest absolute Gasteiger partial charge is 0.301 e. The SMILES string of the molecule is Cc1ccc(-c2csc3nc(SCC(=O)N/N=C/c4ccc(Cl)cc4)[nH]c(=O)c23)cc1. The number of aromatic amines is 1. The van der Waals surface area contributed by atoms with Crippen LogP contribution in [0.1, 0.15) is 11.1 Å². The van der Waals surface area contributed by atoms with Crippen molar-refractivity contribution in [2.24, 2.45) is 5.10 Å². The number of amides is 1. The lowest BCUT2D eigenvalue weighted by molar-refractivity contribution is -0.118. The molecule has 0 saturated heterocycles. The standard InChI is InChI=1S/C22H17ClN4O2S2/c1-13-2-6-15(7-3-13)17-11-30-21-19(17)20(29)25-22(26-21)31-12-18(28)27-24-10-14-4-8-16(23)9-5-14/h2-11H,12H2,1H3,(H,27,28)(H,25,26,29)/b24-10+. The van der Waals surface area contributed by atoms with Gasteiger partial charge in [0.1, 0.15) is 4.83 Å². The highest BCUT2D eigenvalue weighted by atomic mass is 35.5. The molecule has 0 aliphatic rings. The highest BCUT2D eigenvalue weighted by Gasteiger charge is 2.14. The van der Waals surface area contributed by atoms with E-state index in [-0.39, 0.29) is 17.2 Å². The van der Waals surface area contributed by atoms with Crippen LogP contribution in [0.25, 0.3) is 21.3 Å². The maximum atomic E-state index is 12.7. The van der Waals surface area contributed by atoms with Crippen molar-refractivity contribution in [2.45, 2.75) is 12.1 Å². The third-order valence-corrected chi connectivity index (χ3v) is 6.40. The second-order valence-electron chi connectivity index (χ2n) is 6.70. The molecule has 4 aromatic rings. The molecule has 0 saturated carbocycles. The maximum Gasteiger partial charge on any atom is 0.260 e. The Morgan fingerprint density at radius 2 is 1.97 bits per heavy atom. The quantitative estimate of drug-likeness (QED) is 0.183. The molecular formula is C22H17ClN4O2S2. The Morgan fingerprint density at radius 1 is 1.23 bits per heavy atom. The zero-order valence-electron chi connectivity index (χ0n) is 16.4. The molecule has 0 unspecified atom stereocenters. The number of hydrazone groups is 1. The molecule has 2 aromatic heterocycles. The number of thioether (sulfide) groups is 1. The third kappa shape index (κ3) is 5.22. The second-order valence-corrected chi connectivity index (χ2v) is 8.96. The fourth-order valence-corrected chi connectivity index (χ4v) is 4.62. The Balaban J connectivity index is 1.42. The Hall–Kier alpha value is -2.94. The fourth-order valence-electron chi connectivity index (χ4n) is 2.84. The number of aromatic nitrogens is 2. The molecule has 0 fully saturated rings. The van der Waals surface area contributed by atoms with Gasteiger partial charge < -0.3 is 4.98 Å². The maximum absolute atomic E-state index is 12.7. The van der Waals surface area contributed by atoms with Gasteiger partial charge in [0.2, 0.25) is 0 Å². The minimum absolute atomic E-state index is 0.0720. The van der Waals surface area contributed by atoms with E-state index in [1.165, 1.54) is 17.6 Å². The van der Waals surface area contributed by atoms with Crippen LogP contribution in [0.3, 0.4) is 0 Å². The van der Waals surface area contributed by atoms with Crippen molar-refractivity contribution in [2.75, 3.05) is 5.75 Å². The van der Waals surface area contributed by atoms with Crippen LogP contribution in [0.2, 0.25) is 5.02 Å². The Labute approximate surface area is 191 Å². The smallest absolute Gasteiger partial charge is 0.260 e. The van der Waals surface area contributed by atoms with Crippen molar-refractivity contribution < 1.29 is 4.79 Å². The molecule has 0 aliphatic heterocycles. The number of hydrogen-bond acceptors (Lipinski definition) is 6. The number of aryl methyl sites for hydroxylation is 1. The lowest BCUT2D eigenvalue weighted by Gasteiger charge is -2.02. The molecule has 9 heteroatoms. The van der Waals surface area contributed by atoms with E-state index in [2.05, 4.69) is 20.5 Å². The second kappa shape index (κ2) is 9.47. The lowest BCUT2D eigenvalue weighted by Crippen LogP contribution is -2.20. The highest BCUT2D eigenvalue weighted by Crippen LogP contribution is 2.31. The first kappa shape index (κ1) is 21.3. The molecule has 6 nitrogen and oxygen atoms in total. The van der Waals surface area contributed by atoms with E-state index in [1.54, 1.807) is 24.3 Å². The number of nitrogens with one attached hydrogen (secondary N) is 2. The van der Waals surface area contributed by atoms with Gasteiger partial charge in [0.15, 0.2) is 5.16 Å². The van der Waals surface area contributed by atoms with Crippen LogP contribution in [-0.2, 0) is 4.79 Å². The minimum atomic E-state index is -0.301. The van der Waals surface area contributed by atoms with Crippen LogP contribution < -0.4 is 11.0 Å². The molecule has 31 heavy (non-hydrogen) atoms. The van der Waals surface area contributed by atoms with E-state index in [4.69, 9.17) is 11.6 Å². The molecule has 0 atom stereocenters. The average Bonchev–Trinajstić information content (AvgIpc) is 3.19. The molecule has 1 amide bonds. The first-order chi connectivity index (χ1) is 15.0. The van der Waals surface area contributed by atoms with Crippen molar-refractivity contribution in [3.05, 3.63) is 80.4 Å². The average molecular weight is 469 g/mol. The molecule has 0 radical (unpaired) electrons. The zero-order valence-corrected chi connectivity index (χ0v) is 18.8. The Bertz CT molecular complexity index is 1310. The van der Waals surface area contributed by atoms with Gasteiger partial charge in [-0.2, -0.15) is 5.10 Å². The summed E-state index contributed by atoms with van der Waals surface area (Å²) < 4.78 is 0. The Kier molecular flexibility index (Phi) is 6.50. The minimum Gasteiger partial charge on any atom is -0.301 e. The van der Waals surface area contributed by atoms with Gasteiger partial charge in [-0.25, -0.2) is 10.4 Å². The van der Waals surface area contributed by atoms with Gasteiger partial charge >= 0.3 is 0 Å². The lowest BCUT2D eigenvalue weighted by atomic mass is 10.1. The van der Waals surface area contributed by atoms with E-state index in [9.17, 15) is 9.59 Å². The van der Waals surface area contributed by atoms with Crippen LogP contribution in [0, 0.1) is 6.92 Å². The Morgan fingerprint density at radius 3 is 2.71 bits per heavy atom. The molecule has 0 bridgehead atoms. The van der Waals surface area contributed by atoms with Crippen molar-refractivity contribution in [3.63, 3.8) is 0 Å². The predicted octanol–water partition coefficient (Wildman–Crippen LogP) is 4.86. The number of carbonyl (C=O) groups excluding carboxylic acids is 1. The number of H-pyrrole nitrogens is 1. The topological polar surface area (TPSA) is 87.2 Å². The summed E-state index contributed by atoms with van der Waals surface area (Å²) in [6.45, 7) is 2.02. The monoisotopic (exact) mass is 468 g/mol. The summed E-state index contributed by atoms with van der Waals surface area (Å²) >= 11 is 8.39. The summed E-state index contributed by atoms with van der Waals surface area (Å²) in [5.74, 6) is -0.229. The number of rotatable bonds is 6. The van der Waals surface area contributed by atoms with Gasteiger partial charge in [0, 0.05) is 16.0 Å². The molecule has 2 aromatic carbocycles. The van der Waals surface area contributed by atoms with Crippen LogP contribution in [0.5, 0.6) is 0 Å². The number of thiophene rings is 1. The van der Waals surface area contributed by atoms with Gasteiger partial charge in [-0.1, -0.05) is 65.3 Å². The summed E-state index contributed by atoms with van der Waals surface area (Å²) in [6, 6.07) is 15.1. The number of nitrogens with zero attached hydrogens (tertiary/aromatic N) is 2. The van der Waals surface area contributed by atoms with Crippen LogP contribution in [0.4, 0.5) is 0 Å². The van der Waals surface area contributed by atoms with Gasteiger partial charge in [-0.05, 0) is 30.2 Å². The van der Waals surface area contributed by atoms with Gasteiger partial charge in [0.25, 0.3) is 11.5 Å². The number of carbonyl (C=O) groups is 1. The summed E-state index contributed by atoms with van der Waals surface area (Å²) in [6.07, 6.45) is 1.53. The summed E-state index contributed by atoms with van der Waals surface area (Å²) in [4.78, 5) is 32.6. The van der Waals surface area contributed by atoms with Crippen molar-refractivity contribution in [1.29, 1.82) is 0 Å². The number of benzene rings is 2. The first-order valence-electron chi connectivity index (χ1n) is 9.28. The van der Waals surface area contributed by atoms with E-state index in [1.807, 2.05) is 36.6 Å². The van der Waals surface area contributed by atoms with E-state index >= 15 is 0 Å². The number of halogens is 1. The molecular weight excluding hydrogens is 452 g/mol. The number of hydrogen-bond donors (Lipinski definition) is 2. The predicted molar refractivity (Wildman–Crippen MR) is 128 cm³/mol. The molecule has 0 aliphatic carbocycles. The fraction of sp³-hybridized carbons (Fsp3) is 0.0909. The summed E-state index contributed by atoms with van der Waals surface area (Å²) in [7, 11) is 0. The van der Waals surface area contributed by atoms with Crippen LogP contribution >= 0.6 is 34.7 Å². The highest BCUT2D eigenvalue weighted by molar-refractivity contribution is 7.99. The van der Waals surface area contributed by atoms with Gasteiger partial charge in [-0.3, -0.25) is 9.59 Å². The molecule has 2 heterocycles. The molecule has 0 spiro atoms. The van der Waals surface area contributed by atoms with E-state index in [0.29, 0.717) is 20.4 Å². The normalized spacial score (nSPS) is 11.3. The van der Waals surface area contributed by atoms with Gasteiger partial charge in [-0.15, -0.1) is 11.3 Å². The van der Waals surface area contributed by atoms with Crippen LogP contribution in [0.15, 0.2) is 69.0 Å². The third-order valence-electron chi connectivity index (χ3n) is 4.40. The van der Waals surface area contributed by atoms with Crippen molar-refractivity contribution in [1.82, 2.24) is 15.4 Å². The van der Waals surface area contributed by atoms with Crippen LogP contribution in [-0.4, -0.2) is 27.8 Å². The van der Waals surface area contributed by atoms with E-state index in [0.717, 1.165) is 34.0 Å².